The summed E-state index contributed by atoms with van der Waals surface area (Å²) < 4.78 is 11.6. The molecule has 0 radical (unpaired) electrons. The van der Waals surface area contributed by atoms with E-state index in [0.29, 0.717) is 22.9 Å². The van der Waals surface area contributed by atoms with Gasteiger partial charge in [0.25, 0.3) is 12.2 Å². The lowest BCUT2D eigenvalue weighted by molar-refractivity contribution is -0.383. The second-order valence-corrected chi connectivity index (χ2v) is 4.28. The Morgan fingerprint density at radius 3 is 2.85 bits per heavy atom. The van der Waals surface area contributed by atoms with E-state index in [2.05, 4.69) is 0 Å². The number of benzene rings is 1. The van der Waals surface area contributed by atoms with E-state index in [9.17, 15) is 14.9 Å². The van der Waals surface area contributed by atoms with Crippen LogP contribution < -0.4 is 0 Å². The first-order valence-corrected chi connectivity index (χ1v) is 5.94. The molecule has 2 aromatic rings. The number of carbonyl (C=O) groups excluding carboxylic acids is 1. The molecule has 106 valence electrons. The van der Waals surface area contributed by atoms with Crippen LogP contribution >= 0.6 is 0 Å². The fourth-order valence-electron chi connectivity index (χ4n) is 2.24. The van der Waals surface area contributed by atoms with Crippen LogP contribution in [0.4, 0.5) is 5.69 Å². The van der Waals surface area contributed by atoms with Crippen LogP contribution in [0.3, 0.4) is 0 Å². The van der Waals surface area contributed by atoms with Gasteiger partial charge in [0, 0.05) is 30.3 Å². The molecule has 2 rings (SSSR count). The van der Waals surface area contributed by atoms with Crippen molar-refractivity contribution in [3.8, 4) is 0 Å². The van der Waals surface area contributed by atoms with E-state index < -0.39 is 11.0 Å². The molecule has 1 aromatic heterocycles. The number of rotatable bonds is 6. The first-order valence-electron chi connectivity index (χ1n) is 5.94. The van der Waals surface area contributed by atoms with Gasteiger partial charge >= 0.3 is 0 Å². The summed E-state index contributed by atoms with van der Waals surface area (Å²) in [4.78, 5) is 21.2. The highest BCUT2D eigenvalue weighted by atomic mass is 16.6. The number of non-ortho nitro benzene ring substituents is 1. The lowest BCUT2D eigenvalue weighted by Gasteiger charge is -2.07. The van der Waals surface area contributed by atoms with Gasteiger partial charge in [0.2, 0.25) is 0 Å². The number of nitro groups is 1. The summed E-state index contributed by atoms with van der Waals surface area (Å²) in [7, 11) is 1.51. The van der Waals surface area contributed by atoms with Crippen LogP contribution in [-0.4, -0.2) is 23.1 Å². The molecule has 0 aliphatic carbocycles. The molecule has 0 fully saturated rings. The summed E-state index contributed by atoms with van der Waals surface area (Å²) in [5.74, 6) is 0. The molecule has 7 heteroatoms. The highest BCUT2D eigenvalue weighted by Gasteiger charge is 2.21. The van der Waals surface area contributed by atoms with E-state index in [1.165, 1.54) is 13.2 Å². The summed E-state index contributed by atoms with van der Waals surface area (Å²) in [6, 6.07) is 4.80. The van der Waals surface area contributed by atoms with E-state index in [4.69, 9.17) is 9.47 Å². The SMILES string of the molecule is COCn1cc(C(C)OC=O)c2cccc([N+](=O)[O-])c21. The Kier molecular flexibility index (Phi) is 3.99. The van der Waals surface area contributed by atoms with Gasteiger partial charge in [0.1, 0.15) is 18.4 Å². The largest absolute Gasteiger partial charge is 0.460 e. The molecule has 0 N–H and O–H groups in total. The van der Waals surface area contributed by atoms with E-state index in [1.54, 1.807) is 29.8 Å². The summed E-state index contributed by atoms with van der Waals surface area (Å²) in [5.41, 5.74) is 1.15. The summed E-state index contributed by atoms with van der Waals surface area (Å²) in [5, 5.41) is 11.8. The lowest BCUT2D eigenvalue weighted by Crippen LogP contribution is -2.00. The number of methoxy groups -OCH3 is 1. The predicted octanol–water partition coefficient (Wildman–Crippen LogP) is 2.39. The van der Waals surface area contributed by atoms with Crippen LogP contribution in [0.1, 0.15) is 18.6 Å². The van der Waals surface area contributed by atoms with Crippen LogP contribution in [0.2, 0.25) is 0 Å². The average molecular weight is 278 g/mol. The van der Waals surface area contributed by atoms with Gasteiger partial charge in [-0.2, -0.15) is 0 Å². The molecular formula is C13H14N2O5. The molecule has 0 amide bonds. The predicted molar refractivity (Wildman–Crippen MR) is 71.2 cm³/mol. The van der Waals surface area contributed by atoms with Gasteiger partial charge in [0.05, 0.1) is 4.92 Å². The smallest absolute Gasteiger partial charge is 0.293 e. The molecule has 0 saturated heterocycles. The third kappa shape index (κ3) is 2.35. The Hall–Kier alpha value is -2.41. The molecule has 20 heavy (non-hydrogen) atoms. The van der Waals surface area contributed by atoms with E-state index in [0.717, 1.165) is 0 Å². The van der Waals surface area contributed by atoms with Crippen molar-refractivity contribution in [3.63, 3.8) is 0 Å². The molecular weight excluding hydrogens is 264 g/mol. The Balaban J connectivity index is 2.69. The Bertz CT molecular complexity index is 649. The molecule has 0 saturated carbocycles. The first-order chi connectivity index (χ1) is 9.60. The lowest BCUT2D eigenvalue weighted by atomic mass is 10.1. The van der Waals surface area contributed by atoms with Crippen LogP contribution in [0.15, 0.2) is 24.4 Å². The zero-order valence-electron chi connectivity index (χ0n) is 11.1. The molecule has 1 heterocycles. The number of carbonyl (C=O) groups is 1. The minimum Gasteiger partial charge on any atom is -0.460 e. The van der Waals surface area contributed by atoms with Crippen LogP contribution in [0, 0.1) is 10.1 Å². The topological polar surface area (TPSA) is 83.6 Å². The second-order valence-electron chi connectivity index (χ2n) is 4.28. The molecule has 1 aromatic carbocycles. The van der Waals surface area contributed by atoms with Gasteiger partial charge in [-0.05, 0) is 6.92 Å². The van der Waals surface area contributed by atoms with Crippen molar-refractivity contribution in [1.29, 1.82) is 0 Å². The third-order valence-corrected chi connectivity index (χ3v) is 3.07. The van der Waals surface area contributed by atoms with E-state index >= 15 is 0 Å². The quantitative estimate of drug-likeness (QED) is 0.460. The highest BCUT2D eigenvalue weighted by molar-refractivity contribution is 5.91. The zero-order chi connectivity index (χ0) is 14.7. The number of hydrogen-bond donors (Lipinski definition) is 0. The van der Waals surface area contributed by atoms with Crippen molar-refractivity contribution in [2.45, 2.75) is 19.8 Å². The van der Waals surface area contributed by atoms with Crippen molar-refractivity contribution in [2.75, 3.05) is 7.11 Å². The number of para-hydroxylation sites is 1. The van der Waals surface area contributed by atoms with Gasteiger partial charge in [0.15, 0.2) is 0 Å². The molecule has 1 atom stereocenters. The maximum Gasteiger partial charge on any atom is 0.293 e. The maximum absolute atomic E-state index is 11.1. The number of aromatic nitrogens is 1. The van der Waals surface area contributed by atoms with Crippen molar-refractivity contribution in [1.82, 2.24) is 4.57 Å². The average Bonchev–Trinajstić information content (AvgIpc) is 2.78. The van der Waals surface area contributed by atoms with Crippen molar-refractivity contribution in [3.05, 3.63) is 40.1 Å². The second kappa shape index (κ2) is 5.70. The van der Waals surface area contributed by atoms with Crippen molar-refractivity contribution < 1.29 is 19.2 Å². The minimum absolute atomic E-state index is 0.0101. The van der Waals surface area contributed by atoms with Gasteiger partial charge < -0.3 is 14.0 Å². The Morgan fingerprint density at radius 2 is 2.25 bits per heavy atom. The molecule has 1 unspecified atom stereocenters. The highest BCUT2D eigenvalue weighted by Crippen LogP contribution is 2.33. The van der Waals surface area contributed by atoms with Crippen LogP contribution in [0.5, 0.6) is 0 Å². The minimum atomic E-state index is -0.491. The standard InChI is InChI=1S/C13H14N2O5/c1-9(20-8-16)11-6-14(7-19-2)13-10(11)4-3-5-12(13)15(17)18/h3-6,8-9H,7H2,1-2H3. The van der Waals surface area contributed by atoms with Crippen molar-refractivity contribution in [2.24, 2.45) is 0 Å². The fraction of sp³-hybridized carbons (Fsp3) is 0.308. The Labute approximate surface area is 114 Å². The van der Waals surface area contributed by atoms with Crippen molar-refractivity contribution >= 4 is 23.1 Å². The maximum atomic E-state index is 11.1. The monoisotopic (exact) mass is 278 g/mol. The summed E-state index contributed by atoms with van der Waals surface area (Å²) in [6.45, 7) is 2.25. The first kappa shape index (κ1) is 14.0. The third-order valence-electron chi connectivity index (χ3n) is 3.07. The normalized spacial score (nSPS) is 12.3. The summed E-state index contributed by atoms with van der Waals surface area (Å²) >= 11 is 0. The molecule has 0 aliphatic heterocycles. The van der Waals surface area contributed by atoms with Gasteiger partial charge in [-0.3, -0.25) is 14.9 Å². The summed E-state index contributed by atoms with van der Waals surface area (Å²) in [6.07, 6.45) is 1.21. The number of nitro benzene ring substituents is 1. The van der Waals surface area contributed by atoms with E-state index in [-0.39, 0.29) is 12.4 Å². The number of fused-ring (bicyclic) bond motifs is 1. The molecule has 0 aliphatic rings. The number of nitrogens with zero attached hydrogens (tertiary/aromatic N) is 2. The Morgan fingerprint density at radius 1 is 1.50 bits per heavy atom. The van der Waals surface area contributed by atoms with E-state index in [1.807, 2.05) is 0 Å². The number of hydrogen-bond acceptors (Lipinski definition) is 5. The van der Waals surface area contributed by atoms with Gasteiger partial charge in [-0.1, -0.05) is 12.1 Å². The molecule has 7 nitrogen and oxygen atoms in total. The molecule has 0 spiro atoms. The van der Waals surface area contributed by atoms with Crippen LogP contribution in [-0.2, 0) is 21.0 Å². The van der Waals surface area contributed by atoms with Gasteiger partial charge in [-0.25, -0.2) is 0 Å². The van der Waals surface area contributed by atoms with Gasteiger partial charge in [-0.15, -0.1) is 0 Å². The zero-order valence-corrected chi connectivity index (χ0v) is 11.1. The molecule has 0 bridgehead atoms. The number of ether oxygens (including phenoxy) is 2. The fourth-order valence-corrected chi connectivity index (χ4v) is 2.24. The van der Waals surface area contributed by atoms with Crippen LogP contribution in [0.25, 0.3) is 10.9 Å².